The molecule has 0 saturated carbocycles. The fourth-order valence-electron chi connectivity index (χ4n) is 2.47. The zero-order chi connectivity index (χ0) is 13.2. The molecule has 96 valence electrons. The Balaban J connectivity index is 1.77. The van der Waals surface area contributed by atoms with Crippen molar-refractivity contribution in [3.63, 3.8) is 0 Å². The molecule has 1 aromatic carbocycles. The highest BCUT2D eigenvalue weighted by atomic mass is 16.2. The van der Waals surface area contributed by atoms with Crippen molar-refractivity contribution in [2.45, 2.75) is 19.8 Å². The normalized spacial score (nSPS) is 13.4. The number of aromatic nitrogens is 1. The van der Waals surface area contributed by atoms with E-state index >= 15 is 0 Å². The van der Waals surface area contributed by atoms with Crippen molar-refractivity contribution >= 4 is 11.6 Å². The van der Waals surface area contributed by atoms with Gasteiger partial charge in [-0.05, 0) is 36.6 Å². The number of hydrogen-bond acceptors (Lipinski definition) is 2. The van der Waals surface area contributed by atoms with Crippen LogP contribution in [0.3, 0.4) is 0 Å². The Hall–Kier alpha value is -2.16. The zero-order valence-corrected chi connectivity index (χ0v) is 11.0. The highest BCUT2D eigenvalue weighted by molar-refractivity contribution is 5.96. The van der Waals surface area contributed by atoms with Gasteiger partial charge in [0.2, 0.25) is 5.91 Å². The molecule has 0 N–H and O–H groups in total. The minimum atomic E-state index is 0.149. The first-order valence-corrected chi connectivity index (χ1v) is 6.54. The molecule has 19 heavy (non-hydrogen) atoms. The molecule has 2 aromatic rings. The van der Waals surface area contributed by atoms with Crippen molar-refractivity contribution in [2.75, 3.05) is 11.4 Å². The molecule has 2 heterocycles. The van der Waals surface area contributed by atoms with Crippen LogP contribution >= 0.6 is 0 Å². The first-order chi connectivity index (χ1) is 9.24. The third kappa shape index (κ3) is 2.36. The van der Waals surface area contributed by atoms with Crippen LogP contribution in [0.15, 0.2) is 42.6 Å². The summed E-state index contributed by atoms with van der Waals surface area (Å²) in [7, 11) is 0. The summed E-state index contributed by atoms with van der Waals surface area (Å²) in [5, 5.41) is 0. The van der Waals surface area contributed by atoms with Gasteiger partial charge >= 0.3 is 0 Å². The van der Waals surface area contributed by atoms with Crippen molar-refractivity contribution in [3.05, 3.63) is 59.4 Å². The maximum atomic E-state index is 12.4. The molecule has 0 aliphatic carbocycles. The molecular weight excluding hydrogens is 236 g/mol. The maximum Gasteiger partial charge on any atom is 0.231 e. The summed E-state index contributed by atoms with van der Waals surface area (Å²) in [5.74, 6) is 0.149. The van der Waals surface area contributed by atoms with Crippen molar-refractivity contribution in [1.82, 2.24) is 4.98 Å². The largest absolute Gasteiger partial charge is 0.312 e. The quantitative estimate of drug-likeness (QED) is 0.823. The lowest BCUT2D eigenvalue weighted by Crippen LogP contribution is -2.30. The minimum Gasteiger partial charge on any atom is -0.312 e. The third-order valence-corrected chi connectivity index (χ3v) is 3.52. The summed E-state index contributed by atoms with van der Waals surface area (Å²) >= 11 is 0. The van der Waals surface area contributed by atoms with E-state index in [9.17, 15) is 4.79 Å². The molecular formula is C16H16N2O. The van der Waals surface area contributed by atoms with Crippen molar-refractivity contribution < 1.29 is 4.79 Å². The highest BCUT2D eigenvalue weighted by Crippen LogP contribution is 2.27. The molecule has 0 bridgehead atoms. The Kier molecular flexibility index (Phi) is 3.03. The van der Waals surface area contributed by atoms with Crippen molar-refractivity contribution in [2.24, 2.45) is 0 Å². The number of hydrogen-bond donors (Lipinski definition) is 0. The van der Waals surface area contributed by atoms with E-state index in [1.54, 1.807) is 6.20 Å². The number of amides is 1. The summed E-state index contributed by atoms with van der Waals surface area (Å²) in [4.78, 5) is 18.5. The number of nitrogens with zero attached hydrogens (tertiary/aromatic N) is 2. The molecule has 1 aliphatic rings. The first kappa shape index (κ1) is 11.9. The summed E-state index contributed by atoms with van der Waals surface area (Å²) in [6, 6.07) is 12.0. The van der Waals surface area contributed by atoms with E-state index in [2.05, 4.69) is 11.1 Å². The molecule has 0 fully saturated rings. The monoisotopic (exact) mass is 252 g/mol. The van der Waals surface area contributed by atoms with Gasteiger partial charge in [-0.2, -0.15) is 0 Å². The van der Waals surface area contributed by atoms with E-state index in [1.807, 2.05) is 42.2 Å². The highest BCUT2D eigenvalue weighted by Gasteiger charge is 2.23. The topological polar surface area (TPSA) is 33.2 Å². The van der Waals surface area contributed by atoms with Crippen LogP contribution in [0, 0.1) is 6.92 Å². The van der Waals surface area contributed by atoms with Gasteiger partial charge in [0.15, 0.2) is 0 Å². The predicted molar refractivity (Wildman–Crippen MR) is 75.2 cm³/mol. The second-order valence-electron chi connectivity index (χ2n) is 4.91. The molecule has 0 saturated heterocycles. The predicted octanol–water partition coefficient (Wildman–Crippen LogP) is 2.52. The van der Waals surface area contributed by atoms with E-state index in [1.165, 1.54) is 5.56 Å². The van der Waals surface area contributed by atoms with Gasteiger partial charge in [0.05, 0.1) is 6.42 Å². The summed E-state index contributed by atoms with van der Waals surface area (Å²) in [6.07, 6.45) is 3.16. The zero-order valence-electron chi connectivity index (χ0n) is 11.0. The van der Waals surface area contributed by atoms with Crippen LogP contribution in [0.2, 0.25) is 0 Å². The smallest absolute Gasteiger partial charge is 0.231 e. The van der Waals surface area contributed by atoms with Crippen LogP contribution < -0.4 is 4.90 Å². The molecule has 3 rings (SSSR count). The van der Waals surface area contributed by atoms with E-state index in [0.717, 1.165) is 29.9 Å². The maximum absolute atomic E-state index is 12.4. The molecule has 3 heteroatoms. The second-order valence-corrected chi connectivity index (χ2v) is 4.91. The summed E-state index contributed by atoms with van der Waals surface area (Å²) < 4.78 is 0. The molecule has 0 unspecified atom stereocenters. The van der Waals surface area contributed by atoms with Gasteiger partial charge in [-0.25, -0.2) is 0 Å². The first-order valence-electron chi connectivity index (χ1n) is 6.54. The fraction of sp³-hybridized carbons (Fsp3) is 0.250. The van der Waals surface area contributed by atoms with Gasteiger partial charge in [-0.3, -0.25) is 9.78 Å². The van der Waals surface area contributed by atoms with Crippen LogP contribution in [-0.4, -0.2) is 17.4 Å². The van der Waals surface area contributed by atoms with Gasteiger partial charge in [0, 0.05) is 24.1 Å². The average Bonchev–Trinajstić information content (AvgIpc) is 2.85. The Morgan fingerprint density at radius 1 is 1.26 bits per heavy atom. The second kappa shape index (κ2) is 4.84. The van der Waals surface area contributed by atoms with Gasteiger partial charge in [0.25, 0.3) is 0 Å². The number of fused-ring (bicyclic) bond motifs is 1. The molecule has 1 aliphatic heterocycles. The molecule has 1 amide bonds. The number of anilines is 1. The van der Waals surface area contributed by atoms with Crippen LogP contribution in [0.4, 0.5) is 5.69 Å². The molecule has 0 spiro atoms. The van der Waals surface area contributed by atoms with Crippen LogP contribution in [0.5, 0.6) is 0 Å². The number of para-hydroxylation sites is 1. The Bertz CT molecular complexity index is 604. The van der Waals surface area contributed by atoms with Crippen LogP contribution in [-0.2, 0) is 17.6 Å². The van der Waals surface area contributed by atoms with Gasteiger partial charge in [-0.1, -0.05) is 24.3 Å². The lowest BCUT2D eigenvalue weighted by atomic mass is 10.1. The Labute approximate surface area is 112 Å². The molecule has 0 atom stereocenters. The molecule has 1 aromatic heterocycles. The van der Waals surface area contributed by atoms with Crippen molar-refractivity contribution in [3.8, 4) is 0 Å². The van der Waals surface area contributed by atoms with Crippen molar-refractivity contribution in [1.29, 1.82) is 0 Å². The third-order valence-electron chi connectivity index (χ3n) is 3.52. The number of benzene rings is 1. The SMILES string of the molecule is Cc1ccc(CC(=O)N2CCc3ccccc32)cn1. The lowest BCUT2D eigenvalue weighted by molar-refractivity contribution is -0.117. The molecule has 0 radical (unpaired) electrons. The average molecular weight is 252 g/mol. The lowest BCUT2D eigenvalue weighted by Gasteiger charge is -2.17. The van der Waals surface area contributed by atoms with Gasteiger partial charge in [-0.15, -0.1) is 0 Å². The standard InChI is InChI=1S/C16H16N2O/c1-12-6-7-13(11-17-12)10-16(19)18-9-8-14-4-2-3-5-15(14)18/h2-7,11H,8-10H2,1H3. The fourth-order valence-corrected chi connectivity index (χ4v) is 2.47. The van der Waals surface area contributed by atoms with Crippen LogP contribution in [0.25, 0.3) is 0 Å². The van der Waals surface area contributed by atoms with E-state index < -0.39 is 0 Å². The summed E-state index contributed by atoms with van der Waals surface area (Å²) in [6.45, 7) is 2.74. The minimum absolute atomic E-state index is 0.149. The molecule has 3 nitrogen and oxygen atoms in total. The number of carbonyl (C=O) groups excluding carboxylic acids is 1. The van der Waals surface area contributed by atoms with E-state index in [4.69, 9.17) is 0 Å². The van der Waals surface area contributed by atoms with Crippen LogP contribution in [0.1, 0.15) is 16.8 Å². The van der Waals surface area contributed by atoms with Gasteiger partial charge in [0.1, 0.15) is 0 Å². The Morgan fingerprint density at radius 2 is 2.11 bits per heavy atom. The Morgan fingerprint density at radius 3 is 2.89 bits per heavy atom. The van der Waals surface area contributed by atoms with Gasteiger partial charge < -0.3 is 4.90 Å². The number of carbonyl (C=O) groups is 1. The number of rotatable bonds is 2. The number of pyridine rings is 1. The summed E-state index contributed by atoms with van der Waals surface area (Å²) in [5.41, 5.74) is 4.27. The van der Waals surface area contributed by atoms with E-state index in [0.29, 0.717) is 6.42 Å². The van der Waals surface area contributed by atoms with E-state index in [-0.39, 0.29) is 5.91 Å². The number of aryl methyl sites for hydroxylation is 1.